The fraction of sp³-hybridized carbons (Fsp3) is 0.611. The molecular weight excluding hydrogens is 276 g/mol. The van der Waals surface area contributed by atoms with Crippen LogP contribution in [0.5, 0.6) is 0 Å². The minimum Gasteiger partial charge on any atom is -0.396 e. The van der Waals surface area contributed by atoms with Crippen LogP contribution in [0.4, 0.5) is 4.79 Å². The van der Waals surface area contributed by atoms with E-state index in [1.165, 1.54) is 11.1 Å². The van der Waals surface area contributed by atoms with Gasteiger partial charge in [0.25, 0.3) is 0 Å². The molecule has 0 spiro atoms. The Morgan fingerprint density at radius 2 is 2.18 bits per heavy atom. The number of aliphatic hydroxyl groups is 1. The van der Waals surface area contributed by atoms with Gasteiger partial charge < -0.3 is 15.3 Å². The molecule has 0 aromatic heterocycles. The van der Waals surface area contributed by atoms with Crippen molar-refractivity contribution in [3.8, 4) is 0 Å². The molecule has 1 heterocycles. The number of carbonyl (C=O) groups excluding carboxylic acids is 1. The van der Waals surface area contributed by atoms with Crippen LogP contribution in [0.15, 0.2) is 24.3 Å². The van der Waals surface area contributed by atoms with Crippen molar-refractivity contribution in [2.24, 2.45) is 5.92 Å². The van der Waals surface area contributed by atoms with Crippen molar-refractivity contribution in [1.82, 2.24) is 10.2 Å². The molecule has 1 saturated carbocycles. The molecule has 3 rings (SSSR count). The van der Waals surface area contributed by atoms with Gasteiger partial charge in [-0.3, -0.25) is 0 Å². The van der Waals surface area contributed by atoms with Gasteiger partial charge in [-0.2, -0.15) is 0 Å². The van der Waals surface area contributed by atoms with Gasteiger partial charge in [0.05, 0.1) is 0 Å². The smallest absolute Gasteiger partial charge is 0.317 e. The summed E-state index contributed by atoms with van der Waals surface area (Å²) in [6.07, 6.45) is 4.31. The van der Waals surface area contributed by atoms with Gasteiger partial charge in [-0.05, 0) is 49.7 Å². The van der Waals surface area contributed by atoms with Gasteiger partial charge in [-0.15, -0.1) is 0 Å². The zero-order valence-electron chi connectivity index (χ0n) is 13.3. The Balaban J connectivity index is 1.58. The summed E-state index contributed by atoms with van der Waals surface area (Å²) in [4.78, 5) is 14.2. The number of benzene rings is 1. The van der Waals surface area contributed by atoms with E-state index in [-0.39, 0.29) is 24.0 Å². The maximum absolute atomic E-state index is 12.4. The number of aryl methyl sites for hydroxylation is 1. The highest BCUT2D eigenvalue weighted by atomic mass is 16.3. The minimum absolute atomic E-state index is 0.0259. The average molecular weight is 302 g/mol. The van der Waals surface area contributed by atoms with Gasteiger partial charge in [0.15, 0.2) is 0 Å². The summed E-state index contributed by atoms with van der Waals surface area (Å²) in [7, 11) is 0. The summed E-state index contributed by atoms with van der Waals surface area (Å²) >= 11 is 0. The Labute approximate surface area is 132 Å². The van der Waals surface area contributed by atoms with E-state index in [4.69, 9.17) is 0 Å². The molecule has 1 aliphatic heterocycles. The van der Waals surface area contributed by atoms with Crippen molar-refractivity contribution >= 4 is 6.03 Å². The lowest BCUT2D eigenvalue weighted by Crippen LogP contribution is -2.47. The third-order valence-electron chi connectivity index (χ3n) is 5.21. The zero-order chi connectivity index (χ0) is 15.6. The molecule has 1 saturated heterocycles. The molecule has 2 aliphatic rings. The number of hydrogen-bond acceptors (Lipinski definition) is 2. The van der Waals surface area contributed by atoms with Crippen molar-refractivity contribution in [3.63, 3.8) is 0 Å². The third kappa shape index (κ3) is 3.12. The Bertz CT molecular complexity index is 540. The van der Waals surface area contributed by atoms with E-state index in [1.54, 1.807) is 0 Å². The summed E-state index contributed by atoms with van der Waals surface area (Å²) in [5, 5.41) is 12.4. The quantitative estimate of drug-likeness (QED) is 0.897. The number of nitrogens with one attached hydrogen (secondary N) is 1. The van der Waals surface area contributed by atoms with Gasteiger partial charge in [-0.25, -0.2) is 4.79 Å². The van der Waals surface area contributed by atoms with Crippen LogP contribution >= 0.6 is 0 Å². The van der Waals surface area contributed by atoms with Crippen LogP contribution in [0.3, 0.4) is 0 Å². The molecule has 0 radical (unpaired) electrons. The highest BCUT2D eigenvalue weighted by Gasteiger charge is 2.45. The number of likely N-dealkylation sites (tertiary alicyclic amines) is 1. The van der Waals surface area contributed by atoms with E-state index >= 15 is 0 Å². The van der Waals surface area contributed by atoms with Gasteiger partial charge in [-0.1, -0.05) is 24.3 Å². The van der Waals surface area contributed by atoms with Crippen LogP contribution in [0.25, 0.3) is 0 Å². The monoisotopic (exact) mass is 302 g/mol. The number of rotatable bonds is 4. The first-order valence-electron chi connectivity index (χ1n) is 8.34. The fourth-order valence-corrected chi connectivity index (χ4v) is 3.62. The number of nitrogens with zero attached hydrogens (tertiary/aromatic N) is 1. The third-order valence-corrected chi connectivity index (χ3v) is 5.21. The highest BCUT2D eigenvalue weighted by Crippen LogP contribution is 2.48. The number of aliphatic hydroxyl groups excluding tert-OH is 1. The largest absolute Gasteiger partial charge is 0.396 e. The highest BCUT2D eigenvalue weighted by molar-refractivity contribution is 5.74. The predicted molar refractivity (Wildman–Crippen MR) is 86.9 cm³/mol. The van der Waals surface area contributed by atoms with E-state index < -0.39 is 0 Å². The van der Waals surface area contributed by atoms with Crippen molar-refractivity contribution < 1.29 is 9.90 Å². The maximum atomic E-state index is 12.4. The van der Waals surface area contributed by atoms with Crippen molar-refractivity contribution in [2.75, 3.05) is 26.2 Å². The summed E-state index contributed by atoms with van der Waals surface area (Å²) in [6.45, 7) is 4.53. The molecule has 1 unspecified atom stereocenters. The first kappa shape index (κ1) is 15.3. The van der Waals surface area contributed by atoms with E-state index in [1.807, 2.05) is 4.90 Å². The first-order chi connectivity index (χ1) is 10.6. The Morgan fingerprint density at radius 3 is 2.86 bits per heavy atom. The number of amides is 2. The van der Waals surface area contributed by atoms with Crippen LogP contribution in [-0.2, 0) is 5.41 Å². The number of piperidine rings is 1. The van der Waals surface area contributed by atoms with Crippen LogP contribution in [0, 0.1) is 12.8 Å². The first-order valence-corrected chi connectivity index (χ1v) is 8.34. The Kier molecular flexibility index (Phi) is 4.39. The molecule has 4 heteroatoms. The van der Waals surface area contributed by atoms with E-state index in [0.717, 1.165) is 38.8 Å². The Morgan fingerprint density at radius 1 is 1.41 bits per heavy atom. The molecular formula is C18H26N2O2. The zero-order valence-corrected chi connectivity index (χ0v) is 13.3. The second-order valence-electron chi connectivity index (χ2n) is 6.89. The van der Waals surface area contributed by atoms with E-state index in [2.05, 4.69) is 36.5 Å². The van der Waals surface area contributed by atoms with Crippen LogP contribution < -0.4 is 5.32 Å². The summed E-state index contributed by atoms with van der Waals surface area (Å²) in [5.74, 6) is 0.241. The second-order valence-corrected chi connectivity index (χ2v) is 6.89. The molecule has 1 atom stereocenters. The summed E-state index contributed by atoms with van der Waals surface area (Å²) in [5.41, 5.74) is 2.84. The fourth-order valence-electron chi connectivity index (χ4n) is 3.62. The molecule has 120 valence electrons. The number of carbonyl (C=O) groups is 1. The molecule has 2 fully saturated rings. The van der Waals surface area contributed by atoms with Crippen molar-refractivity contribution in [3.05, 3.63) is 35.4 Å². The number of urea groups is 1. The summed E-state index contributed by atoms with van der Waals surface area (Å²) in [6, 6.07) is 8.51. The minimum atomic E-state index is 0.0259. The van der Waals surface area contributed by atoms with Crippen molar-refractivity contribution in [2.45, 2.75) is 38.0 Å². The van der Waals surface area contributed by atoms with Crippen molar-refractivity contribution in [1.29, 1.82) is 0 Å². The lowest BCUT2D eigenvalue weighted by atomic mass is 9.92. The lowest BCUT2D eigenvalue weighted by molar-refractivity contribution is 0.129. The van der Waals surface area contributed by atoms with E-state index in [9.17, 15) is 9.90 Å². The predicted octanol–water partition coefficient (Wildman–Crippen LogP) is 2.44. The molecule has 1 aliphatic carbocycles. The van der Waals surface area contributed by atoms with Gasteiger partial charge in [0.1, 0.15) is 0 Å². The second kappa shape index (κ2) is 6.29. The standard InChI is InChI=1S/C18H26N2O2/c1-14-5-2-3-7-16(14)18(8-9-18)13-19-17(22)20-10-4-6-15(11-20)12-21/h2-3,5,7,15,21H,4,6,8-13H2,1H3,(H,19,22). The molecule has 2 N–H and O–H groups in total. The Hall–Kier alpha value is -1.55. The molecule has 0 bridgehead atoms. The molecule has 1 aromatic rings. The topological polar surface area (TPSA) is 52.6 Å². The molecule has 4 nitrogen and oxygen atoms in total. The van der Waals surface area contributed by atoms with Gasteiger partial charge in [0, 0.05) is 31.7 Å². The van der Waals surface area contributed by atoms with E-state index in [0.29, 0.717) is 6.54 Å². The van der Waals surface area contributed by atoms with Crippen LogP contribution in [0.1, 0.15) is 36.8 Å². The molecule has 22 heavy (non-hydrogen) atoms. The SMILES string of the molecule is Cc1ccccc1C1(CNC(=O)N2CCCC(CO)C2)CC1. The van der Waals surface area contributed by atoms with Crippen LogP contribution in [0.2, 0.25) is 0 Å². The maximum Gasteiger partial charge on any atom is 0.317 e. The molecule has 2 amide bonds. The number of hydrogen-bond donors (Lipinski definition) is 2. The van der Waals surface area contributed by atoms with Gasteiger partial charge >= 0.3 is 6.03 Å². The van der Waals surface area contributed by atoms with Crippen LogP contribution in [-0.4, -0.2) is 42.3 Å². The average Bonchev–Trinajstić information content (AvgIpc) is 3.34. The molecule has 1 aromatic carbocycles. The lowest BCUT2D eigenvalue weighted by Gasteiger charge is -2.32. The normalized spacial score (nSPS) is 23.2. The summed E-state index contributed by atoms with van der Waals surface area (Å²) < 4.78 is 0. The van der Waals surface area contributed by atoms with Gasteiger partial charge in [0.2, 0.25) is 0 Å².